The van der Waals surface area contributed by atoms with Gasteiger partial charge in [0.15, 0.2) is 12.4 Å². The third-order valence-electron chi connectivity index (χ3n) is 6.18. The van der Waals surface area contributed by atoms with Crippen molar-refractivity contribution in [1.82, 2.24) is 18.8 Å². The Balaban J connectivity index is -0.000000679. The second-order valence-corrected chi connectivity index (χ2v) is 9.39. The summed E-state index contributed by atoms with van der Waals surface area (Å²) in [6.07, 6.45) is 17.5. The van der Waals surface area contributed by atoms with Crippen LogP contribution in [0.4, 0.5) is 4.39 Å². The number of fused-ring (bicyclic) bond motifs is 2. The van der Waals surface area contributed by atoms with Crippen LogP contribution in [0.5, 0.6) is 11.5 Å². The van der Waals surface area contributed by atoms with Crippen molar-refractivity contribution in [3.05, 3.63) is 132 Å². The average molecular weight is 814 g/mol. The number of nitrogens with zero attached hydrogens (tertiary/aromatic N) is 4. The number of carbonyl (C=O) groups excluding carboxylic acids is 2. The summed E-state index contributed by atoms with van der Waals surface area (Å²) in [6, 6.07) is 13.1. The standard InChI is InChI=1S/C16H14N2O3.C8H7ClN2.C8H8O3.CH3F.CH2O3.ClH.2K.H/c1-20-15-4-5-16(13(6-15)9-19)21-10-12-2-3-14-7-17-11-18(14)8-12;9-3-7-1-2-8-4-10-6-11(8)5-7;1-10-6-3-4-7(9)8(5-6)11-2;1-2;2-1-4-3;;;;/h2-9,11H,10H2,1H3;1-2,4-6H,3H2;3,5H,1-2H3;1H3;1,3H;1H;;;/q;;;;;;2*+1;-1/i;;;1D;;;;;. The van der Waals surface area contributed by atoms with E-state index in [1.54, 1.807) is 57.3 Å². The molecule has 4 aromatic heterocycles. The van der Waals surface area contributed by atoms with Crippen molar-refractivity contribution in [2.75, 3.05) is 28.5 Å². The first-order valence-electron chi connectivity index (χ1n) is 14.5. The van der Waals surface area contributed by atoms with Gasteiger partial charge in [0.25, 0.3) is 12.2 Å². The average Bonchev–Trinajstić information content (AvgIpc) is 3.84. The van der Waals surface area contributed by atoms with Crippen molar-refractivity contribution in [3.8, 4) is 11.5 Å². The molecule has 0 saturated carbocycles. The maximum atomic E-state index is 11.1. The van der Waals surface area contributed by atoms with Crippen molar-refractivity contribution in [2.24, 2.45) is 0 Å². The predicted molar refractivity (Wildman–Crippen MR) is 185 cm³/mol. The second-order valence-electron chi connectivity index (χ2n) is 9.12. The number of hydrogen-bond donors (Lipinski definition) is 1. The Bertz CT molecular complexity index is 1900. The molecule has 5 aromatic rings. The third-order valence-corrected chi connectivity index (χ3v) is 6.49. The molecule has 0 fully saturated rings. The number of ether oxygens (including phenoxy) is 4. The maximum absolute atomic E-state index is 11.1. The van der Waals surface area contributed by atoms with Crippen LogP contribution in [0.1, 0.15) is 24.3 Å². The molecule has 13 nitrogen and oxygen atoms in total. The molecular formula is C34H36Cl2FK2N4O9+. The van der Waals surface area contributed by atoms with E-state index in [-0.39, 0.29) is 129 Å². The molecule has 1 aliphatic rings. The number of rotatable bonds is 9. The molecule has 268 valence electrons. The number of allylic oxidation sites excluding steroid dienone is 3. The summed E-state index contributed by atoms with van der Waals surface area (Å²) in [7, 11) is 3.58. The molecule has 1 aliphatic carbocycles. The van der Waals surface area contributed by atoms with Crippen LogP contribution >= 0.6 is 24.0 Å². The summed E-state index contributed by atoms with van der Waals surface area (Å²) in [5.74, 6) is 2.69. The van der Waals surface area contributed by atoms with Crippen LogP contribution in [0.3, 0.4) is 0 Å². The smallest absolute Gasteiger partial charge is 1.00 e. The zero-order valence-corrected chi connectivity index (χ0v) is 36.9. The summed E-state index contributed by atoms with van der Waals surface area (Å²) in [5, 5.41) is 17.5. The number of imidazole rings is 2. The van der Waals surface area contributed by atoms with E-state index in [0.29, 0.717) is 41.1 Å². The van der Waals surface area contributed by atoms with Crippen molar-refractivity contribution in [3.63, 3.8) is 0 Å². The van der Waals surface area contributed by atoms with Crippen molar-refractivity contribution in [2.45, 2.75) is 12.5 Å². The Morgan fingerprint density at radius 1 is 0.981 bits per heavy atom. The zero-order chi connectivity index (χ0) is 36.7. The summed E-state index contributed by atoms with van der Waals surface area (Å²) in [5.41, 5.74) is 4.69. The van der Waals surface area contributed by atoms with Crippen molar-refractivity contribution in [1.29, 1.82) is 0 Å². The number of aliphatic hydroxyl groups excluding tert-OH is 1. The van der Waals surface area contributed by atoms with E-state index in [1.165, 1.54) is 13.2 Å². The van der Waals surface area contributed by atoms with Gasteiger partial charge in [0.1, 0.15) is 24.2 Å². The second kappa shape index (κ2) is 30.0. The molecule has 0 spiro atoms. The number of methoxy groups -OCH3 is 3. The fourth-order valence-corrected chi connectivity index (χ4v) is 4.02. The number of carbonyl (C=O) groups is 2. The Labute approximate surface area is 399 Å². The summed E-state index contributed by atoms with van der Waals surface area (Å²) < 4.78 is 39.9. The molecule has 18 heteroatoms. The SMILES string of the molecule is COC1=CC(OC)=C(O)[C+]=C1.COc1ccc(OCc2ccc3cncn3c2)c(C=O)c1.Cl.ClCc1ccc2cncn2c1.O=CO[O-].[2H]CF.[H-].[K+].[K+]. The third kappa shape index (κ3) is 17.2. The zero-order valence-electron chi connectivity index (χ0n) is 31.1. The van der Waals surface area contributed by atoms with E-state index in [2.05, 4.69) is 20.9 Å². The first-order valence-corrected chi connectivity index (χ1v) is 14.4. The predicted octanol–water partition coefficient (Wildman–Crippen LogP) is -0.324. The molecule has 4 heterocycles. The quantitative estimate of drug-likeness (QED) is 0.0520. The Hall–Kier alpha value is -2.39. The number of aldehydes is 1. The summed E-state index contributed by atoms with van der Waals surface area (Å²) in [6.45, 7) is 0.196. The fourth-order valence-electron chi connectivity index (χ4n) is 3.86. The molecule has 0 radical (unpaired) electrons. The van der Waals surface area contributed by atoms with Crippen molar-refractivity contribution >= 4 is 47.8 Å². The number of benzene rings is 1. The molecule has 52 heavy (non-hydrogen) atoms. The van der Waals surface area contributed by atoms with Crippen LogP contribution in [0.15, 0.2) is 109 Å². The van der Waals surface area contributed by atoms with Gasteiger partial charge in [-0.25, -0.2) is 9.97 Å². The molecule has 0 amide bonds. The van der Waals surface area contributed by atoms with Crippen LogP contribution in [-0.4, -0.2) is 65.1 Å². The molecule has 6 rings (SSSR count). The Morgan fingerprint density at radius 2 is 1.56 bits per heavy atom. The van der Waals surface area contributed by atoms with E-state index in [0.717, 1.165) is 28.4 Å². The first kappa shape index (κ1) is 49.6. The van der Waals surface area contributed by atoms with Crippen LogP contribution in [-0.2, 0) is 31.6 Å². The number of aromatic nitrogens is 4. The molecule has 0 unspecified atom stereocenters. The minimum Gasteiger partial charge on any atom is -1.00 e. The van der Waals surface area contributed by atoms with Crippen LogP contribution in [0.25, 0.3) is 11.0 Å². The van der Waals surface area contributed by atoms with E-state index in [4.69, 9.17) is 47.1 Å². The van der Waals surface area contributed by atoms with Gasteiger partial charge in [-0.1, -0.05) is 12.1 Å². The molecule has 1 N–H and O–H groups in total. The Kier molecular flexibility index (Phi) is 28.6. The maximum Gasteiger partial charge on any atom is 1.00 e. The first-order chi connectivity index (χ1) is 24.3. The minimum atomic E-state index is -1.00. The van der Waals surface area contributed by atoms with Gasteiger partial charge in [0.05, 0.1) is 77.6 Å². The minimum absolute atomic E-state index is 0. The van der Waals surface area contributed by atoms with Gasteiger partial charge in [0.2, 0.25) is 5.76 Å². The van der Waals surface area contributed by atoms with Crippen LogP contribution in [0, 0.1) is 6.08 Å². The summed E-state index contributed by atoms with van der Waals surface area (Å²) in [4.78, 5) is 30.4. The van der Waals surface area contributed by atoms with Crippen molar-refractivity contribution < 1.29 is 154 Å². The fraction of sp³-hybridized carbons (Fsp3) is 0.176. The number of aliphatic hydroxyl groups is 1. The van der Waals surface area contributed by atoms with E-state index in [1.807, 2.05) is 51.7 Å². The molecule has 0 aliphatic heterocycles. The van der Waals surface area contributed by atoms with Gasteiger partial charge in [-0.15, -0.1) is 24.0 Å². The molecular weight excluding hydrogens is 776 g/mol. The number of alkyl halides is 2. The van der Waals surface area contributed by atoms with Gasteiger partial charge >= 0.3 is 109 Å². The largest absolute Gasteiger partial charge is 1.00 e. The van der Waals surface area contributed by atoms with Crippen LogP contribution < -0.4 is 118 Å². The summed E-state index contributed by atoms with van der Waals surface area (Å²) >= 11 is 5.66. The van der Waals surface area contributed by atoms with E-state index >= 15 is 0 Å². The monoisotopic (exact) mass is 812 g/mol. The molecule has 0 saturated heterocycles. The van der Waals surface area contributed by atoms with E-state index < -0.39 is 7.15 Å². The van der Waals surface area contributed by atoms with Gasteiger partial charge in [-0.2, -0.15) is 0 Å². The number of hydrogen-bond acceptors (Lipinski definition) is 11. The number of pyridine rings is 2. The van der Waals surface area contributed by atoms with Gasteiger partial charge in [-0.3, -0.25) is 14.0 Å². The van der Waals surface area contributed by atoms with Gasteiger partial charge in [0, 0.05) is 23.8 Å². The normalized spacial score (nSPS) is 10.6. The van der Waals surface area contributed by atoms with Gasteiger partial charge in [-0.05, 0) is 35.9 Å². The van der Waals surface area contributed by atoms with Crippen LogP contribution in [0.2, 0.25) is 0 Å². The topological polar surface area (TPSA) is 158 Å². The number of halogens is 3. The Morgan fingerprint density at radius 3 is 2.06 bits per heavy atom. The van der Waals surface area contributed by atoms with Gasteiger partial charge < -0.3 is 44.4 Å². The molecule has 0 bridgehead atoms. The molecule has 1 aromatic carbocycles. The molecule has 0 atom stereocenters. The van der Waals surface area contributed by atoms with E-state index in [9.17, 15) is 9.18 Å².